The maximum absolute atomic E-state index is 12.6. The summed E-state index contributed by atoms with van der Waals surface area (Å²) in [6.07, 6.45) is 0.683. The lowest BCUT2D eigenvalue weighted by molar-refractivity contribution is -0.113. The molecule has 0 aliphatic rings. The fourth-order valence-electron chi connectivity index (χ4n) is 3.31. The minimum Gasteiger partial charge on any atom is -0.493 e. The molecule has 0 saturated heterocycles. The van der Waals surface area contributed by atoms with Crippen molar-refractivity contribution in [1.29, 1.82) is 0 Å². The van der Waals surface area contributed by atoms with Crippen molar-refractivity contribution in [2.45, 2.75) is 32.3 Å². The van der Waals surface area contributed by atoms with Crippen molar-refractivity contribution >= 4 is 40.0 Å². The number of aromatic nitrogens is 3. The number of anilines is 1. The number of ether oxygens (including phenoxy) is 2. The van der Waals surface area contributed by atoms with Gasteiger partial charge in [0.15, 0.2) is 11.0 Å². The highest BCUT2D eigenvalue weighted by atomic mass is 32.2. The summed E-state index contributed by atoms with van der Waals surface area (Å²) >= 11 is 2.65. The van der Waals surface area contributed by atoms with Gasteiger partial charge in [-0.3, -0.25) is 4.79 Å². The summed E-state index contributed by atoms with van der Waals surface area (Å²) in [4.78, 5) is 25.9. The molecule has 10 heteroatoms. The quantitative estimate of drug-likeness (QED) is 0.364. The monoisotopic (exact) mass is 474 g/mol. The van der Waals surface area contributed by atoms with Crippen LogP contribution in [0.5, 0.6) is 5.75 Å². The molecule has 0 aliphatic heterocycles. The number of benzene rings is 1. The maximum atomic E-state index is 12.6. The van der Waals surface area contributed by atoms with Gasteiger partial charge in [0.1, 0.15) is 10.8 Å². The fraction of sp³-hybridized carbons (Fsp3) is 0.364. The van der Waals surface area contributed by atoms with Crippen LogP contribution in [0.4, 0.5) is 5.00 Å². The van der Waals surface area contributed by atoms with Crippen LogP contribution in [0, 0.1) is 6.92 Å². The number of nitrogens with zero attached hydrogens (tertiary/aromatic N) is 3. The zero-order chi connectivity index (χ0) is 23.3. The Kier molecular flexibility index (Phi) is 7.92. The number of aryl methyl sites for hydroxylation is 1. The number of carbonyl (C=O) groups is 2. The van der Waals surface area contributed by atoms with Crippen LogP contribution in [0.2, 0.25) is 0 Å². The molecule has 1 amide bonds. The van der Waals surface area contributed by atoms with E-state index in [1.54, 1.807) is 0 Å². The van der Waals surface area contributed by atoms with Gasteiger partial charge in [-0.25, -0.2) is 4.79 Å². The number of esters is 1. The number of thiophene rings is 1. The second-order valence-corrected chi connectivity index (χ2v) is 8.98. The summed E-state index contributed by atoms with van der Waals surface area (Å²) in [6, 6.07) is 7.64. The van der Waals surface area contributed by atoms with Crippen molar-refractivity contribution < 1.29 is 19.1 Å². The van der Waals surface area contributed by atoms with Crippen molar-refractivity contribution in [2.24, 2.45) is 7.05 Å². The van der Waals surface area contributed by atoms with Crippen molar-refractivity contribution in [1.82, 2.24) is 14.8 Å². The molecule has 0 aliphatic carbocycles. The molecule has 1 N–H and O–H groups in total. The van der Waals surface area contributed by atoms with E-state index in [4.69, 9.17) is 9.47 Å². The molecule has 0 radical (unpaired) electrons. The van der Waals surface area contributed by atoms with Gasteiger partial charge in [0.25, 0.3) is 0 Å². The van der Waals surface area contributed by atoms with E-state index < -0.39 is 5.97 Å². The Hall–Kier alpha value is -2.85. The molecule has 2 heterocycles. The number of hydrogen-bond acceptors (Lipinski definition) is 8. The molecule has 32 heavy (non-hydrogen) atoms. The van der Waals surface area contributed by atoms with Crippen molar-refractivity contribution in [2.75, 3.05) is 24.8 Å². The van der Waals surface area contributed by atoms with Gasteiger partial charge in [-0.2, -0.15) is 0 Å². The van der Waals surface area contributed by atoms with Gasteiger partial charge in [0.05, 0.1) is 30.6 Å². The standard InChI is InChI=1S/C22H26N4O4S2/c1-6-14-13(3)32-20(18(14)21(28)29-5)23-17(27)12-31-22-25-24-19(26(22)4)15-10-8-9-11-16(15)30-7-2/h8-11H,6-7,12H2,1-5H3,(H,23,27). The van der Waals surface area contributed by atoms with E-state index in [1.807, 2.05) is 56.7 Å². The van der Waals surface area contributed by atoms with Crippen LogP contribution < -0.4 is 10.1 Å². The zero-order valence-corrected chi connectivity index (χ0v) is 20.4. The lowest BCUT2D eigenvalue weighted by atomic mass is 10.1. The molecule has 2 aromatic heterocycles. The van der Waals surface area contributed by atoms with Crippen LogP contribution in [0.1, 0.15) is 34.6 Å². The summed E-state index contributed by atoms with van der Waals surface area (Å²) in [5, 5.41) is 12.5. The Balaban J connectivity index is 1.73. The molecule has 0 spiro atoms. The highest BCUT2D eigenvalue weighted by molar-refractivity contribution is 7.99. The first-order chi connectivity index (χ1) is 15.4. The van der Waals surface area contributed by atoms with E-state index in [-0.39, 0.29) is 11.7 Å². The van der Waals surface area contributed by atoms with Crippen LogP contribution in [0.3, 0.4) is 0 Å². The Morgan fingerprint density at radius 1 is 1.22 bits per heavy atom. The largest absolute Gasteiger partial charge is 0.493 e. The van der Waals surface area contributed by atoms with Crippen LogP contribution in [-0.2, 0) is 23.0 Å². The molecule has 0 fully saturated rings. The third-order valence-electron chi connectivity index (χ3n) is 4.80. The first kappa shape index (κ1) is 23.8. The third kappa shape index (κ3) is 4.97. The molecule has 170 valence electrons. The smallest absolute Gasteiger partial charge is 0.341 e. The molecule has 8 nitrogen and oxygen atoms in total. The second kappa shape index (κ2) is 10.6. The topological polar surface area (TPSA) is 95.3 Å². The Morgan fingerprint density at radius 2 is 1.97 bits per heavy atom. The highest BCUT2D eigenvalue weighted by Gasteiger charge is 2.23. The van der Waals surface area contributed by atoms with Gasteiger partial charge in [-0.15, -0.1) is 21.5 Å². The summed E-state index contributed by atoms with van der Waals surface area (Å²) < 4.78 is 12.4. The number of rotatable bonds is 9. The van der Waals surface area contributed by atoms with Crippen molar-refractivity contribution in [3.05, 3.63) is 40.3 Å². The molecule has 1 aromatic carbocycles. The van der Waals surface area contributed by atoms with Crippen LogP contribution in [0.15, 0.2) is 29.4 Å². The Labute approximate surface area is 195 Å². The number of amides is 1. The maximum Gasteiger partial charge on any atom is 0.341 e. The van der Waals surface area contributed by atoms with Gasteiger partial charge in [-0.1, -0.05) is 30.8 Å². The minimum absolute atomic E-state index is 0.123. The number of para-hydroxylation sites is 1. The summed E-state index contributed by atoms with van der Waals surface area (Å²) in [6.45, 7) is 6.38. The summed E-state index contributed by atoms with van der Waals surface area (Å²) in [5.41, 5.74) is 2.17. The SMILES string of the molecule is CCOc1ccccc1-c1nnc(SCC(=O)Nc2sc(C)c(CC)c2C(=O)OC)n1C. The van der Waals surface area contributed by atoms with E-state index in [9.17, 15) is 9.59 Å². The second-order valence-electron chi connectivity index (χ2n) is 6.82. The number of nitrogens with one attached hydrogen (secondary N) is 1. The molecule has 0 bridgehead atoms. The summed E-state index contributed by atoms with van der Waals surface area (Å²) in [5.74, 6) is 0.836. The molecule has 0 atom stereocenters. The molecule has 0 unspecified atom stereocenters. The lowest BCUT2D eigenvalue weighted by Gasteiger charge is -2.10. The molecule has 3 aromatic rings. The van der Waals surface area contributed by atoms with E-state index in [0.29, 0.717) is 34.6 Å². The van der Waals surface area contributed by atoms with Crippen molar-refractivity contribution in [3.8, 4) is 17.1 Å². The number of methoxy groups -OCH3 is 1. The van der Waals surface area contributed by atoms with Crippen molar-refractivity contribution in [3.63, 3.8) is 0 Å². The van der Waals surface area contributed by atoms with Gasteiger partial charge in [0, 0.05) is 11.9 Å². The van der Waals surface area contributed by atoms with Gasteiger partial charge >= 0.3 is 5.97 Å². The van der Waals surface area contributed by atoms with Crippen LogP contribution in [-0.4, -0.2) is 46.1 Å². The third-order valence-corrected chi connectivity index (χ3v) is 6.88. The lowest BCUT2D eigenvalue weighted by Crippen LogP contribution is -2.16. The molecular formula is C22H26N4O4S2. The molecular weight excluding hydrogens is 448 g/mol. The number of thioether (sulfide) groups is 1. The van der Waals surface area contributed by atoms with E-state index >= 15 is 0 Å². The van der Waals surface area contributed by atoms with Gasteiger partial charge in [-0.05, 0) is 38.0 Å². The average molecular weight is 475 g/mol. The van der Waals surface area contributed by atoms with Crippen LogP contribution in [0.25, 0.3) is 11.4 Å². The van der Waals surface area contributed by atoms with Gasteiger partial charge < -0.3 is 19.4 Å². The molecule has 0 saturated carbocycles. The van der Waals surface area contributed by atoms with E-state index in [2.05, 4.69) is 15.5 Å². The highest BCUT2D eigenvalue weighted by Crippen LogP contribution is 2.34. The normalized spacial score (nSPS) is 10.8. The van der Waals surface area contributed by atoms with E-state index in [0.717, 1.165) is 21.8 Å². The minimum atomic E-state index is -0.444. The van der Waals surface area contributed by atoms with Gasteiger partial charge in [0.2, 0.25) is 5.91 Å². The fourth-order valence-corrected chi connectivity index (χ4v) is 5.17. The first-order valence-electron chi connectivity index (χ1n) is 10.2. The summed E-state index contributed by atoms with van der Waals surface area (Å²) in [7, 11) is 3.19. The number of hydrogen-bond donors (Lipinski definition) is 1. The predicted molar refractivity (Wildman–Crippen MR) is 127 cm³/mol. The van der Waals surface area contributed by atoms with Crippen LogP contribution >= 0.6 is 23.1 Å². The Morgan fingerprint density at radius 3 is 2.66 bits per heavy atom. The average Bonchev–Trinajstić information content (AvgIpc) is 3.30. The van der Waals surface area contributed by atoms with E-state index in [1.165, 1.54) is 30.2 Å². The first-order valence-corrected chi connectivity index (χ1v) is 12.0. The Bertz CT molecular complexity index is 1120. The molecule has 3 rings (SSSR count). The predicted octanol–water partition coefficient (Wildman–Crippen LogP) is 4.33. The zero-order valence-electron chi connectivity index (χ0n) is 18.7. The number of carbonyl (C=O) groups excluding carboxylic acids is 2.